The standard InChI is InChI=1S/C21H20N2O4/c24-17(25)10-11-21(20(26)27)19-18(14-8-4-5-9-16(14)23-19)15(12-22-21)13-6-2-1-3-7-13/h1-9,15,22-23H,10-12H2,(H,24,25)(H,26,27)/t15-,21-/m1/s1. The highest BCUT2D eigenvalue weighted by molar-refractivity contribution is 5.91. The van der Waals surface area contributed by atoms with E-state index >= 15 is 0 Å². The van der Waals surface area contributed by atoms with Crippen molar-refractivity contribution in [2.24, 2.45) is 0 Å². The molecular formula is C21H20N2O4. The van der Waals surface area contributed by atoms with Gasteiger partial charge >= 0.3 is 11.9 Å². The summed E-state index contributed by atoms with van der Waals surface area (Å²) in [7, 11) is 0. The van der Waals surface area contributed by atoms with Gasteiger partial charge in [0.2, 0.25) is 0 Å². The lowest BCUT2D eigenvalue weighted by molar-refractivity contribution is -0.147. The van der Waals surface area contributed by atoms with Crippen molar-refractivity contribution in [3.8, 4) is 0 Å². The Kier molecular flexibility index (Phi) is 4.20. The number of aromatic nitrogens is 1. The molecule has 2 aromatic carbocycles. The molecule has 6 heteroatoms. The summed E-state index contributed by atoms with van der Waals surface area (Å²) in [5.74, 6) is -2.10. The van der Waals surface area contributed by atoms with Crippen LogP contribution in [0.1, 0.15) is 35.6 Å². The van der Waals surface area contributed by atoms with Crippen LogP contribution in [0.2, 0.25) is 0 Å². The Bertz CT molecular complexity index is 1010. The minimum atomic E-state index is -1.45. The summed E-state index contributed by atoms with van der Waals surface area (Å²) in [6, 6.07) is 17.7. The highest BCUT2D eigenvalue weighted by atomic mass is 16.4. The summed E-state index contributed by atoms with van der Waals surface area (Å²) in [4.78, 5) is 26.7. The summed E-state index contributed by atoms with van der Waals surface area (Å²) in [6.45, 7) is 0.421. The topological polar surface area (TPSA) is 102 Å². The Balaban J connectivity index is 1.94. The van der Waals surface area contributed by atoms with Crippen molar-refractivity contribution >= 4 is 22.8 Å². The van der Waals surface area contributed by atoms with Gasteiger partial charge in [-0.1, -0.05) is 48.5 Å². The van der Waals surface area contributed by atoms with Crippen LogP contribution in [0.4, 0.5) is 0 Å². The van der Waals surface area contributed by atoms with Crippen LogP contribution in [0, 0.1) is 0 Å². The van der Waals surface area contributed by atoms with Crippen LogP contribution in [0.5, 0.6) is 0 Å². The predicted octanol–water partition coefficient (Wildman–Crippen LogP) is 3.05. The minimum absolute atomic E-state index is 0.0188. The zero-order chi connectivity index (χ0) is 19.0. The maximum absolute atomic E-state index is 12.3. The lowest BCUT2D eigenvalue weighted by Gasteiger charge is -2.38. The molecule has 0 spiro atoms. The number of benzene rings is 2. The number of hydrogen-bond acceptors (Lipinski definition) is 3. The molecule has 0 saturated carbocycles. The number of carboxylic acids is 2. The monoisotopic (exact) mass is 364 g/mol. The largest absolute Gasteiger partial charge is 0.481 e. The van der Waals surface area contributed by atoms with Crippen LogP contribution in [-0.2, 0) is 15.1 Å². The zero-order valence-electron chi connectivity index (χ0n) is 14.6. The Hall–Kier alpha value is -3.12. The van der Waals surface area contributed by atoms with Gasteiger partial charge in [0, 0.05) is 29.8 Å². The number of hydrogen-bond donors (Lipinski definition) is 4. The third kappa shape index (κ3) is 2.78. The van der Waals surface area contributed by atoms with Gasteiger partial charge in [-0.3, -0.25) is 10.1 Å². The van der Waals surface area contributed by atoms with Gasteiger partial charge in [-0.2, -0.15) is 0 Å². The number of para-hydroxylation sites is 1. The molecule has 2 heterocycles. The van der Waals surface area contributed by atoms with E-state index in [1.54, 1.807) is 0 Å². The fraction of sp³-hybridized carbons (Fsp3) is 0.238. The summed E-state index contributed by atoms with van der Waals surface area (Å²) in [6.07, 6.45) is -0.261. The molecule has 4 N–H and O–H groups in total. The van der Waals surface area contributed by atoms with Gasteiger partial charge in [0.05, 0.1) is 5.69 Å². The van der Waals surface area contributed by atoms with E-state index in [4.69, 9.17) is 5.11 Å². The van der Waals surface area contributed by atoms with Gasteiger partial charge in [-0.15, -0.1) is 0 Å². The summed E-state index contributed by atoms with van der Waals surface area (Å²) in [5, 5.41) is 23.3. The van der Waals surface area contributed by atoms with Crippen molar-refractivity contribution in [2.45, 2.75) is 24.3 Å². The Morgan fingerprint density at radius 3 is 2.44 bits per heavy atom. The van der Waals surface area contributed by atoms with E-state index in [-0.39, 0.29) is 18.8 Å². The van der Waals surface area contributed by atoms with E-state index < -0.39 is 17.5 Å². The number of carbonyl (C=O) groups is 2. The highest BCUT2D eigenvalue weighted by Gasteiger charge is 2.48. The van der Waals surface area contributed by atoms with Crippen LogP contribution in [-0.4, -0.2) is 33.7 Å². The number of H-pyrrole nitrogens is 1. The van der Waals surface area contributed by atoms with Crippen molar-refractivity contribution in [1.82, 2.24) is 10.3 Å². The third-order valence-corrected chi connectivity index (χ3v) is 5.41. The van der Waals surface area contributed by atoms with Crippen molar-refractivity contribution in [1.29, 1.82) is 0 Å². The quantitative estimate of drug-likeness (QED) is 0.557. The average Bonchev–Trinajstić information content (AvgIpc) is 3.07. The Labute approximate surface area is 155 Å². The average molecular weight is 364 g/mol. The fourth-order valence-electron chi connectivity index (χ4n) is 4.10. The molecule has 1 aliphatic heterocycles. The number of fused-ring (bicyclic) bond motifs is 3. The molecule has 0 radical (unpaired) electrons. The molecule has 3 aromatic rings. The predicted molar refractivity (Wildman–Crippen MR) is 101 cm³/mol. The zero-order valence-corrected chi connectivity index (χ0v) is 14.6. The second kappa shape index (κ2) is 6.55. The van der Waals surface area contributed by atoms with Gasteiger partial charge in [0.15, 0.2) is 5.54 Å². The second-order valence-electron chi connectivity index (χ2n) is 6.91. The molecule has 0 saturated heterocycles. The molecule has 1 aromatic heterocycles. The lowest BCUT2D eigenvalue weighted by atomic mass is 9.77. The molecule has 0 bridgehead atoms. The number of nitrogens with one attached hydrogen (secondary N) is 2. The number of rotatable bonds is 5. The van der Waals surface area contributed by atoms with E-state index in [2.05, 4.69) is 10.3 Å². The first-order valence-electron chi connectivity index (χ1n) is 8.89. The first-order valence-corrected chi connectivity index (χ1v) is 8.89. The maximum Gasteiger partial charge on any atom is 0.330 e. The van der Waals surface area contributed by atoms with Crippen LogP contribution in [0.3, 0.4) is 0 Å². The minimum Gasteiger partial charge on any atom is -0.481 e. The van der Waals surface area contributed by atoms with E-state index in [1.807, 2.05) is 54.6 Å². The summed E-state index contributed by atoms with van der Waals surface area (Å²) in [5.41, 5.74) is 1.99. The molecule has 6 nitrogen and oxygen atoms in total. The third-order valence-electron chi connectivity index (χ3n) is 5.41. The van der Waals surface area contributed by atoms with Gasteiger partial charge in [-0.25, -0.2) is 4.79 Å². The van der Waals surface area contributed by atoms with E-state index in [0.29, 0.717) is 12.2 Å². The molecule has 0 unspecified atom stereocenters. The number of carboxylic acid groups (broad SMARTS) is 2. The van der Waals surface area contributed by atoms with Crippen LogP contribution >= 0.6 is 0 Å². The van der Waals surface area contributed by atoms with Gasteiger partial charge in [-0.05, 0) is 23.6 Å². The van der Waals surface area contributed by atoms with Gasteiger partial charge < -0.3 is 15.2 Å². The molecule has 4 rings (SSSR count). The van der Waals surface area contributed by atoms with Crippen molar-refractivity contribution in [3.05, 3.63) is 71.4 Å². The summed E-state index contributed by atoms with van der Waals surface area (Å²) < 4.78 is 0. The molecule has 0 aliphatic carbocycles. The molecule has 27 heavy (non-hydrogen) atoms. The van der Waals surface area contributed by atoms with Crippen LogP contribution < -0.4 is 5.32 Å². The summed E-state index contributed by atoms with van der Waals surface area (Å²) >= 11 is 0. The van der Waals surface area contributed by atoms with Crippen molar-refractivity contribution in [2.75, 3.05) is 6.54 Å². The van der Waals surface area contributed by atoms with Crippen molar-refractivity contribution in [3.63, 3.8) is 0 Å². The van der Waals surface area contributed by atoms with E-state index in [0.717, 1.165) is 22.0 Å². The molecule has 0 amide bonds. The second-order valence-corrected chi connectivity index (χ2v) is 6.91. The Morgan fingerprint density at radius 1 is 1.04 bits per heavy atom. The number of aromatic amines is 1. The first kappa shape index (κ1) is 17.3. The van der Waals surface area contributed by atoms with Crippen LogP contribution in [0.15, 0.2) is 54.6 Å². The fourth-order valence-corrected chi connectivity index (χ4v) is 4.10. The molecule has 138 valence electrons. The molecule has 0 fully saturated rings. The van der Waals surface area contributed by atoms with E-state index in [9.17, 15) is 14.7 Å². The van der Waals surface area contributed by atoms with Crippen LogP contribution in [0.25, 0.3) is 10.9 Å². The lowest BCUT2D eigenvalue weighted by Crippen LogP contribution is -2.54. The molecule has 1 aliphatic rings. The smallest absolute Gasteiger partial charge is 0.330 e. The van der Waals surface area contributed by atoms with E-state index in [1.165, 1.54) is 0 Å². The van der Waals surface area contributed by atoms with Gasteiger partial charge in [0.25, 0.3) is 0 Å². The Morgan fingerprint density at radius 2 is 1.74 bits per heavy atom. The molecular weight excluding hydrogens is 344 g/mol. The first-order chi connectivity index (χ1) is 13.0. The van der Waals surface area contributed by atoms with Crippen molar-refractivity contribution < 1.29 is 19.8 Å². The normalized spacial score (nSPS) is 21.7. The maximum atomic E-state index is 12.3. The number of aliphatic carboxylic acids is 2. The SMILES string of the molecule is O=C(O)CC[C@@]1(C(=O)O)NC[C@H](c2ccccc2)c2c1[nH]c1ccccc21. The highest BCUT2D eigenvalue weighted by Crippen LogP contribution is 2.43. The van der Waals surface area contributed by atoms with Gasteiger partial charge in [0.1, 0.15) is 0 Å². The molecule has 2 atom stereocenters.